The normalized spacial score (nSPS) is 15.9. The second kappa shape index (κ2) is 10.9. The maximum absolute atomic E-state index is 6.03. The van der Waals surface area contributed by atoms with Gasteiger partial charge in [0.15, 0.2) is 0 Å². The predicted octanol–water partition coefficient (Wildman–Crippen LogP) is 6.31. The Morgan fingerprint density at radius 2 is 1.67 bits per heavy atom. The van der Waals surface area contributed by atoms with Gasteiger partial charge in [0, 0.05) is 5.69 Å². The van der Waals surface area contributed by atoms with Gasteiger partial charge < -0.3 is 14.8 Å². The largest absolute Gasteiger partial charge is 0.494 e. The first-order valence-corrected chi connectivity index (χ1v) is 10.5. The third kappa shape index (κ3) is 6.82. The van der Waals surface area contributed by atoms with Gasteiger partial charge in [-0.25, -0.2) is 0 Å². The van der Waals surface area contributed by atoms with Crippen LogP contribution in [0.2, 0.25) is 0 Å². The topological polar surface area (TPSA) is 30.5 Å². The minimum absolute atomic E-state index is 0.152. The van der Waals surface area contributed by atoms with Gasteiger partial charge in [0.1, 0.15) is 17.6 Å². The Morgan fingerprint density at radius 1 is 0.926 bits per heavy atom. The van der Waals surface area contributed by atoms with Crippen LogP contribution in [0.3, 0.4) is 0 Å². The number of ether oxygens (including phenoxy) is 2. The highest BCUT2D eigenvalue weighted by molar-refractivity contribution is 5.46. The lowest BCUT2D eigenvalue weighted by atomic mass is 9.87. The van der Waals surface area contributed by atoms with Crippen LogP contribution in [0.15, 0.2) is 54.6 Å². The second-order valence-electron chi connectivity index (χ2n) is 7.51. The molecular weight excluding hydrogens is 334 g/mol. The van der Waals surface area contributed by atoms with Gasteiger partial charge in [0.25, 0.3) is 0 Å². The van der Waals surface area contributed by atoms with E-state index in [1.165, 1.54) is 38.5 Å². The maximum atomic E-state index is 6.03. The van der Waals surface area contributed by atoms with Crippen molar-refractivity contribution in [2.24, 2.45) is 5.92 Å². The van der Waals surface area contributed by atoms with Crippen molar-refractivity contribution in [3.05, 3.63) is 54.6 Å². The van der Waals surface area contributed by atoms with Crippen molar-refractivity contribution in [1.82, 2.24) is 0 Å². The average molecular weight is 368 g/mol. The third-order valence-corrected chi connectivity index (χ3v) is 5.41. The van der Waals surface area contributed by atoms with Crippen LogP contribution in [-0.2, 0) is 0 Å². The molecule has 1 saturated carbocycles. The molecule has 1 atom stereocenters. The fourth-order valence-electron chi connectivity index (χ4n) is 3.68. The number of benzene rings is 2. The van der Waals surface area contributed by atoms with Crippen molar-refractivity contribution in [2.75, 3.05) is 18.5 Å². The number of nitrogens with one attached hydrogen (secondary N) is 1. The van der Waals surface area contributed by atoms with E-state index in [0.29, 0.717) is 0 Å². The van der Waals surface area contributed by atoms with E-state index in [1.807, 2.05) is 30.3 Å². The quantitative estimate of drug-likeness (QED) is 0.534. The molecule has 0 amide bonds. The summed E-state index contributed by atoms with van der Waals surface area (Å²) in [5, 5.41) is 3.47. The van der Waals surface area contributed by atoms with Crippen LogP contribution in [0.1, 0.15) is 51.9 Å². The third-order valence-electron chi connectivity index (χ3n) is 5.41. The molecule has 0 aromatic heterocycles. The molecule has 0 aliphatic heterocycles. The predicted molar refractivity (Wildman–Crippen MR) is 113 cm³/mol. The fraction of sp³-hybridized carbons (Fsp3) is 0.500. The van der Waals surface area contributed by atoms with Crippen molar-refractivity contribution in [1.29, 1.82) is 0 Å². The van der Waals surface area contributed by atoms with Crippen LogP contribution in [-0.4, -0.2) is 19.3 Å². The van der Waals surface area contributed by atoms with Crippen molar-refractivity contribution in [3.63, 3.8) is 0 Å². The van der Waals surface area contributed by atoms with Crippen molar-refractivity contribution in [3.8, 4) is 11.5 Å². The Morgan fingerprint density at radius 3 is 2.37 bits per heavy atom. The Bertz CT molecular complexity index is 635. The fourth-order valence-corrected chi connectivity index (χ4v) is 3.68. The molecule has 0 heterocycles. The molecule has 3 nitrogen and oxygen atoms in total. The lowest BCUT2D eigenvalue weighted by Crippen LogP contribution is -2.25. The van der Waals surface area contributed by atoms with Crippen LogP contribution < -0.4 is 14.8 Å². The molecule has 2 aromatic rings. The molecular formula is C24H33NO2. The van der Waals surface area contributed by atoms with Gasteiger partial charge in [-0.05, 0) is 55.2 Å². The molecule has 1 aliphatic carbocycles. The van der Waals surface area contributed by atoms with Gasteiger partial charge in [-0.3, -0.25) is 0 Å². The van der Waals surface area contributed by atoms with E-state index in [2.05, 4.69) is 36.5 Å². The summed E-state index contributed by atoms with van der Waals surface area (Å²) in [6.45, 7) is 3.77. The summed E-state index contributed by atoms with van der Waals surface area (Å²) in [5.41, 5.74) is 1.10. The lowest BCUT2D eigenvalue weighted by Gasteiger charge is -2.21. The zero-order valence-corrected chi connectivity index (χ0v) is 16.5. The standard InChI is InChI=1S/C24H33NO2/c1-2-22(27-24-11-7-4-8-12-24)19-25-21-13-15-23(16-14-21)26-18-17-20-9-5-3-6-10-20/h4,7-8,11-16,20,22,25H,2-3,5-6,9-10,17-19H2,1H3. The number of rotatable bonds is 10. The first kappa shape index (κ1) is 19.6. The Kier molecular flexibility index (Phi) is 7.88. The van der Waals surface area contributed by atoms with Crippen LogP contribution in [0.4, 0.5) is 5.69 Å². The minimum atomic E-state index is 0.152. The maximum Gasteiger partial charge on any atom is 0.119 e. The first-order valence-electron chi connectivity index (χ1n) is 10.5. The summed E-state index contributed by atoms with van der Waals surface area (Å²) in [5.74, 6) is 2.76. The van der Waals surface area contributed by atoms with E-state index < -0.39 is 0 Å². The summed E-state index contributed by atoms with van der Waals surface area (Å²) in [7, 11) is 0. The van der Waals surface area contributed by atoms with Gasteiger partial charge >= 0.3 is 0 Å². The molecule has 27 heavy (non-hydrogen) atoms. The van der Waals surface area contributed by atoms with Crippen LogP contribution in [0.5, 0.6) is 11.5 Å². The molecule has 1 fully saturated rings. The zero-order chi connectivity index (χ0) is 18.7. The number of hydrogen-bond acceptors (Lipinski definition) is 3. The summed E-state index contributed by atoms with van der Waals surface area (Å²) in [4.78, 5) is 0. The average Bonchev–Trinajstić information content (AvgIpc) is 2.73. The number of para-hydroxylation sites is 1. The van der Waals surface area contributed by atoms with Crippen LogP contribution in [0, 0.1) is 5.92 Å². The lowest BCUT2D eigenvalue weighted by molar-refractivity contribution is 0.210. The van der Waals surface area contributed by atoms with E-state index in [0.717, 1.165) is 42.7 Å². The highest BCUT2D eigenvalue weighted by atomic mass is 16.5. The van der Waals surface area contributed by atoms with E-state index in [4.69, 9.17) is 9.47 Å². The molecule has 0 radical (unpaired) electrons. The van der Waals surface area contributed by atoms with Crippen molar-refractivity contribution < 1.29 is 9.47 Å². The summed E-state index contributed by atoms with van der Waals surface area (Å²) in [6.07, 6.45) is 9.29. The molecule has 2 aromatic carbocycles. The molecule has 1 unspecified atom stereocenters. The zero-order valence-electron chi connectivity index (χ0n) is 16.5. The molecule has 0 bridgehead atoms. The molecule has 0 spiro atoms. The van der Waals surface area contributed by atoms with Crippen molar-refractivity contribution in [2.45, 2.75) is 58.0 Å². The first-order chi connectivity index (χ1) is 13.3. The Hall–Kier alpha value is -2.16. The van der Waals surface area contributed by atoms with Crippen molar-refractivity contribution >= 4 is 5.69 Å². The van der Waals surface area contributed by atoms with E-state index in [9.17, 15) is 0 Å². The molecule has 0 saturated heterocycles. The minimum Gasteiger partial charge on any atom is -0.494 e. The van der Waals surface area contributed by atoms with Gasteiger partial charge in [0.05, 0.1) is 13.2 Å². The number of hydrogen-bond donors (Lipinski definition) is 1. The smallest absolute Gasteiger partial charge is 0.119 e. The molecule has 146 valence electrons. The molecule has 1 aliphatic rings. The Labute approximate surface area is 164 Å². The van der Waals surface area contributed by atoms with Gasteiger partial charge in [0.2, 0.25) is 0 Å². The number of anilines is 1. The van der Waals surface area contributed by atoms with Gasteiger partial charge in [-0.1, -0.05) is 57.2 Å². The second-order valence-corrected chi connectivity index (χ2v) is 7.51. The van der Waals surface area contributed by atoms with Crippen LogP contribution >= 0.6 is 0 Å². The van der Waals surface area contributed by atoms with E-state index in [-0.39, 0.29) is 6.10 Å². The van der Waals surface area contributed by atoms with Gasteiger partial charge in [-0.2, -0.15) is 0 Å². The van der Waals surface area contributed by atoms with Crippen LogP contribution in [0.25, 0.3) is 0 Å². The molecule has 1 N–H and O–H groups in total. The van der Waals surface area contributed by atoms with E-state index in [1.54, 1.807) is 0 Å². The highest BCUT2D eigenvalue weighted by Crippen LogP contribution is 2.26. The SMILES string of the molecule is CCC(CNc1ccc(OCCC2CCCCC2)cc1)Oc1ccccc1. The highest BCUT2D eigenvalue weighted by Gasteiger charge is 2.13. The molecule has 3 heteroatoms. The molecule has 3 rings (SSSR count). The summed E-state index contributed by atoms with van der Waals surface area (Å²) in [6, 6.07) is 18.3. The van der Waals surface area contributed by atoms with E-state index >= 15 is 0 Å². The summed E-state index contributed by atoms with van der Waals surface area (Å²) < 4.78 is 12.0. The monoisotopic (exact) mass is 367 g/mol. The van der Waals surface area contributed by atoms with Gasteiger partial charge in [-0.15, -0.1) is 0 Å². The Balaban J connectivity index is 1.38. The summed E-state index contributed by atoms with van der Waals surface area (Å²) >= 11 is 0.